The van der Waals surface area contributed by atoms with Gasteiger partial charge in [0.15, 0.2) is 0 Å². The van der Waals surface area contributed by atoms with Gasteiger partial charge in [-0.1, -0.05) is 0 Å². The van der Waals surface area contributed by atoms with Gasteiger partial charge in [-0.2, -0.15) is 5.26 Å². The molecule has 2 aromatic rings. The minimum absolute atomic E-state index is 0.0288. The molecule has 0 aliphatic heterocycles. The van der Waals surface area contributed by atoms with E-state index in [1.807, 2.05) is 11.4 Å². The summed E-state index contributed by atoms with van der Waals surface area (Å²) in [5.41, 5.74) is 1.38. The fourth-order valence-electron chi connectivity index (χ4n) is 1.38. The quantitative estimate of drug-likeness (QED) is 0.863. The average molecular weight is 268 g/mol. The van der Waals surface area contributed by atoms with Gasteiger partial charge in [-0.3, -0.25) is 0 Å². The van der Waals surface area contributed by atoms with Crippen molar-refractivity contribution in [3.63, 3.8) is 0 Å². The van der Waals surface area contributed by atoms with Crippen molar-refractivity contribution in [1.29, 1.82) is 5.26 Å². The van der Waals surface area contributed by atoms with Crippen LogP contribution in [-0.2, 0) is 6.61 Å². The molecule has 0 radical (unpaired) electrons. The molecule has 0 spiro atoms. The molecule has 2 rings (SSSR count). The number of nitrogens with zero attached hydrogens (tertiary/aromatic N) is 1. The van der Waals surface area contributed by atoms with Crippen molar-refractivity contribution in [3.8, 4) is 6.07 Å². The maximum atomic E-state index is 9.15. The molecule has 1 heterocycles. The average Bonchev–Trinajstić information content (AvgIpc) is 2.68. The number of aliphatic hydroxyl groups is 1. The van der Waals surface area contributed by atoms with Crippen LogP contribution in [0.1, 0.15) is 11.1 Å². The summed E-state index contributed by atoms with van der Waals surface area (Å²) in [6, 6.07) is 5.77. The summed E-state index contributed by atoms with van der Waals surface area (Å²) in [6.07, 6.45) is 0. The highest BCUT2D eigenvalue weighted by Crippen LogP contribution is 2.33. The Labute approximate surface area is 93.5 Å². The largest absolute Gasteiger partial charge is 0.392 e. The van der Waals surface area contributed by atoms with Crippen molar-refractivity contribution in [1.82, 2.24) is 0 Å². The fourth-order valence-corrected chi connectivity index (χ4v) is 2.95. The molecule has 0 atom stereocenters. The summed E-state index contributed by atoms with van der Waals surface area (Å²) in [7, 11) is 0. The summed E-state index contributed by atoms with van der Waals surface area (Å²) < 4.78 is 1.85. The van der Waals surface area contributed by atoms with E-state index in [-0.39, 0.29) is 6.61 Å². The number of fused-ring (bicyclic) bond motifs is 1. The van der Waals surface area contributed by atoms with Crippen LogP contribution in [0.15, 0.2) is 22.0 Å². The van der Waals surface area contributed by atoms with Crippen LogP contribution in [0.2, 0.25) is 0 Å². The van der Waals surface area contributed by atoms with E-state index in [1.165, 1.54) is 0 Å². The number of aliphatic hydroxyl groups excluding tert-OH is 1. The standard InChI is InChI=1S/C10H6BrNOS/c11-9-6(4-12)3-7(5-13)10-8(9)1-2-14-10/h1-3,13H,5H2. The molecule has 4 heteroatoms. The van der Waals surface area contributed by atoms with Crippen LogP contribution in [0.25, 0.3) is 10.1 Å². The Kier molecular flexibility index (Phi) is 2.55. The highest BCUT2D eigenvalue weighted by Gasteiger charge is 2.10. The molecule has 70 valence electrons. The van der Waals surface area contributed by atoms with Crippen LogP contribution < -0.4 is 0 Å². The maximum Gasteiger partial charge on any atom is 0.100 e. The molecule has 2 nitrogen and oxygen atoms in total. The number of benzene rings is 1. The minimum Gasteiger partial charge on any atom is -0.392 e. The number of rotatable bonds is 1. The predicted molar refractivity (Wildman–Crippen MR) is 60.2 cm³/mol. The van der Waals surface area contributed by atoms with E-state index >= 15 is 0 Å². The van der Waals surface area contributed by atoms with E-state index in [1.54, 1.807) is 17.4 Å². The summed E-state index contributed by atoms with van der Waals surface area (Å²) in [4.78, 5) is 0. The lowest BCUT2D eigenvalue weighted by molar-refractivity contribution is 0.283. The molecule has 0 aliphatic rings. The van der Waals surface area contributed by atoms with Gasteiger partial charge in [0, 0.05) is 14.6 Å². The molecule has 0 fully saturated rings. The van der Waals surface area contributed by atoms with Crippen molar-refractivity contribution in [2.75, 3.05) is 0 Å². The molecular weight excluding hydrogens is 262 g/mol. The van der Waals surface area contributed by atoms with Gasteiger partial charge in [0.05, 0.1) is 12.2 Å². The van der Waals surface area contributed by atoms with Crippen molar-refractivity contribution in [2.45, 2.75) is 6.61 Å². The third-order valence-corrected chi connectivity index (χ3v) is 3.88. The van der Waals surface area contributed by atoms with Crippen molar-refractivity contribution in [2.24, 2.45) is 0 Å². The fraction of sp³-hybridized carbons (Fsp3) is 0.100. The van der Waals surface area contributed by atoms with E-state index in [9.17, 15) is 0 Å². The van der Waals surface area contributed by atoms with Gasteiger partial charge < -0.3 is 5.11 Å². The van der Waals surface area contributed by atoms with Gasteiger partial charge in [0.25, 0.3) is 0 Å². The molecular formula is C10H6BrNOS. The van der Waals surface area contributed by atoms with Gasteiger partial charge in [-0.25, -0.2) is 0 Å². The van der Waals surface area contributed by atoms with Crippen LogP contribution in [-0.4, -0.2) is 5.11 Å². The van der Waals surface area contributed by atoms with Gasteiger partial charge in [-0.05, 0) is 39.0 Å². The highest BCUT2D eigenvalue weighted by atomic mass is 79.9. The van der Waals surface area contributed by atoms with E-state index < -0.39 is 0 Å². The van der Waals surface area contributed by atoms with Crippen LogP contribution >= 0.6 is 27.3 Å². The second kappa shape index (κ2) is 3.70. The first kappa shape index (κ1) is 9.66. The summed E-state index contributed by atoms with van der Waals surface area (Å²) in [5, 5.41) is 21.0. The number of hydrogen-bond donors (Lipinski definition) is 1. The molecule has 1 N–H and O–H groups in total. The number of nitriles is 1. The molecule has 0 unspecified atom stereocenters. The third kappa shape index (κ3) is 1.34. The molecule has 0 bridgehead atoms. The second-order valence-corrected chi connectivity index (χ2v) is 4.54. The zero-order chi connectivity index (χ0) is 10.1. The van der Waals surface area contributed by atoms with E-state index in [4.69, 9.17) is 10.4 Å². The van der Waals surface area contributed by atoms with Crippen LogP contribution in [0, 0.1) is 11.3 Å². The van der Waals surface area contributed by atoms with Gasteiger partial charge in [0.2, 0.25) is 0 Å². The Hall–Kier alpha value is -0.890. The van der Waals surface area contributed by atoms with Crippen molar-refractivity contribution < 1.29 is 5.11 Å². The topological polar surface area (TPSA) is 44.0 Å². The molecule has 0 saturated heterocycles. The number of halogens is 1. The van der Waals surface area contributed by atoms with Crippen LogP contribution in [0.5, 0.6) is 0 Å². The zero-order valence-corrected chi connectivity index (χ0v) is 9.52. The minimum atomic E-state index is -0.0288. The molecule has 1 aromatic carbocycles. The van der Waals surface area contributed by atoms with E-state index in [2.05, 4.69) is 22.0 Å². The van der Waals surface area contributed by atoms with E-state index in [0.717, 1.165) is 20.1 Å². The lowest BCUT2D eigenvalue weighted by Gasteiger charge is -2.02. The zero-order valence-electron chi connectivity index (χ0n) is 7.12. The third-order valence-electron chi connectivity index (χ3n) is 2.04. The SMILES string of the molecule is N#Cc1cc(CO)c2sccc2c1Br. The predicted octanol–water partition coefficient (Wildman–Crippen LogP) is 3.03. The van der Waals surface area contributed by atoms with Crippen LogP contribution in [0.3, 0.4) is 0 Å². The normalized spacial score (nSPS) is 10.4. The lowest BCUT2D eigenvalue weighted by Crippen LogP contribution is -1.87. The summed E-state index contributed by atoms with van der Waals surface area (Å²) in [5.74, 6) is 0. The molecule has 0 amide bonds. The summed E-state index contributed by atoms with van der Waals surface area (Å²) >= 11 is 4.96. The highest BCUT2D eigenvalue weighted by molar-refractivity contribution is 9.10. The smallest absolute Gasteiger partial charge is 0.100 e. The molecule has 0 saturated carbocycles. The Bertz CT molecular complexity index is 527. The summed E-state index contributed by atoms with van der Waals surface area (Å²) in [6.45, 7) is -0.0288. The maximum absolute atomic E-state index is 9.15. The lowest BCUT2D eigenvalue weighted by atomic mass is 10.1. The molecule has 1 aromatic heterocycles. The molecule has 14 heavy (non-hydrogen) atoms. The van der Waals surface area contributed by atoms with Crippen molar-refractivity contribution in [3.05, 3.63) is 33.1 Å². The Morgan fingerprint density at radius 3 is 3.00 bits per heavy atom. The number of hydrogen-bond acceptors (Lipinski definition) is 3. The first-order valence-corrected chi connectivity index (χ1v) is 5.64. The van der Waals surface area contributed by atoms with Gasteiger partial charge in [0.1, 0.15) is 6.07 Å². The monoisotopic (exact) mass is 267 g/mol. The Morgan fingerprint density at radius 1 is 1.57 bits per heavy atom. The Balaban J connectivity index is 2.89. The Morgan fingerprint density at radius 2 is 2.36 bits per heavy atom. The second-order valence-electron chi connectivity index (χ2n) is 2.83. The number of thiophene rings is 1. The van der Waals surface area contributed by atoms with Crippen LogP contribution in [0.4, 0.5) is 0 Å². The van der Waals surface area contributed by atoms with Crippen molar-refractivity contribution >= 4 is 37.4 Å². The van der Waals surface area contributed by atoms with Gasteiger partial charge in [-0.15, -0.1) is 11.3 Å². The first-order chi connectivity index (χ1) is 6.77. The first-order valence-electron chi connectivity index (χ1n) is 3.97. The van der Waals surface area contributed by atoms with Gasteiger partial charge >= 0.3 is 0 Å². The van der Waals surface area contributed by atoms with E-state index in [0.29, 0.717) is 5.56 Å². The molecule has 0 aliphatic carbocycles.